The number of carbonyl (C=O) groups excluding carboxylic acids is 1. The van der Waals surface area contributed by atoms with Gasteiger partial charge in [0.2, 0.25) is 0 Å². The molecule has 106 valence electrons. The summed E-state index contributed by atoms with van der Waals surface area (Å²) in [5.74, 6) is 0.298. The van der Waals surface area contributed by atoms with Crippen LogP contribution in [0.2, 0.25) is 19.1 Å². The Hall–Kier alpha value is 0.0969. The molecule has 1 heterocycles. The van der Waals surface area contributed by atoms with Gasteiger partial charge in [0.05, 0.1) is 6.10 Å². The van der Waals surface area contributed by atoms with Crippen LogP contribution < -0.4 is 0 Å². The van der Waals surface area contributed by atoms with Crippen LogP contribution in [0.25, 0.3) is 0 Å². The van der Waals surface area contributed by atoms with Crippen molar-refractivity contribution in [3.05, 3.63) is 0 Å². The van der Waals surface area contributed by atoms with Gasteiger partial charge in [-0.2, -0.15) is 11.1 Å². The van der Waals surface area contributed by atoms with Crippen LogP contribution in [0.3, 0.4) is 0 Å². The lowest BCUT2D eigenvalue weighted by atomic mass is 10.0. The predicted octanol–water partition coefficient (Wildman–Crippen LogP) is 3.71. The molecule has 2 atom stereocenters. The van der Waals surface area contributed by atoms with Gasteiger partial charge in [0, 0.05) is 20.0 Å². The summed E-state index contributed by atoms with van der Waals surface area (Å²) >= 11 is 6.23. The molecule has 1 fully saturated rings. The number of carbonyl (C=O) groups is 1. The van der Waals surface area contributed by atoms with Crippen LogP contribution in [-0.4, -0.2) is 32.7 Å². The lowest BCUT2D eigenvalue weighted by Crippen LogP contribution is -2.30. The Kier molecular flexibility index (Phi) is 6.85. The molecule has 0 aliphatic carbocycles. The number of rotatable bonds is 7. The Bertz CT molecular complexity index is 265. The van der Waals surface area contributed by atoms with Crippen molar-refractivity contribution in [3.8, 4) is 0 Å². The molecule has 0 saturated carbocycles. The van der Waals surface area contributed by atoms with Gasteiger partial charge in [-0.3, -0.25) is 4.79 Å². The van der Waals surface area contributed by atoms with Crippen molar-refractivity contribution < 1.29 is 14.3 Å². The molecule has 0 aromatic heterocycles. The SMILES string of the molecule is COC1CCCC(CC(=O)CCC[Si](C)(C)Cl)O1. The maximum absolute atomic E-state index is 11.8. The number of hydrogen-bond acceptors (Lipinski definition) is 3. The Balaban J connectivity index is 2.19. The monoisotopic (exact) mass is 292 g/mol. The molecule has 0 amide bonds. The van der Waals surface area contributed by atoms with Gasteiger partial charge in [-0.05, 0) is 31.7 Å². The van der Waals surface area contributed by atoms with E-state index in [1.54, 1.807) is 7.11 Å². The fourth-order valence-corrected chi connectivity index (χ4v) is 3.67. The van der Waals surface area contributed by atoms with Crippen LogP contribution in [-0.2, 0) is 14.3 Å². The minimum absolute atomic E-state index is 0.0532. The van der Waals surface area contributed by atoms with Crippen molar-refractivity contribution in [2.24, 2.45) is 0 Å². The second-order valence-electron chi connectivity index (χ2n) is 5.67. The molecule has 18 heavy (non-hydrogen) atoms. The number of ether oxygens (including phenoxy) is 2. The molecule has 2 unspecified atom stereocenters. The summed E-state index contributed by atoms with van der Waals surface area (Å²) in [6.07, 6.45) is 5.02. The van der Waals surface area contributed by atoms with Crippen LogP contribution in [0.15, 0.2) is 0 Å². The number of methoxy groups -OCH3 is 1. The molecule has 1 aliphatic heterocycles. The van der Waals surface area contributed by atoms with Gasteiger partial charge >= 0.3 is 0 Å². The molecular formula is C13H25ClO3Si. The fraction of sp³-hybridized carbons (Fsp3) is 0.923. The maximum Gasteiger partial charge on any atom is 0.157 e. The smallest absolute Gasteiger partial charge is 0.157 e. The van der Waals surface area contributed by atoms with Gasteiger partial charge in [-0.15, -0.1) is 0 Å². The van der Waals surface area contributed by atoms with E-state index in [4.69, 9.17) is 20.6 Å². The van der Waals surface area contributed by atoms with Crippen molar-refractivity contribution in [1.29, 1.82) is 0 Å². The van der Waals surface area contributed by atoms with E-state index in [0.29, 0.717) is 18.6 Å². The summed E-state index contributed by atoms with van der Waals surface area (Å²) in [7, 11) is 0.130. The highest BCUT2D eigenvalue weighted by atomic mass is 35.6. The zero-order valence-electron chi connectivity index (χ0n) is 11.7. The van der Waals surface area contributed by atoms with Crippen LogP contribution in [0, 0.1) is 0 Å². The van der Waals surface area contributed by atoms with E-state index < -0.39 is 7.38 Å². The first-order chi connectivity index (χ1) is 8.40. The molecule has 5 heteroatoms. The van der Waals surface area contributed by atoms with E-state index in [-0.39, 0.29) is 12.4 Å². The van der Waals surface area contributed by atoms with Crippen molar-refractivity contribution in [1.82, 2.24) is 0 Å². The summed E-state index contributed by atoms with van der Waals surface area (Å²) in [4.78, 5) is 11.8. The normalized spacial score (nSPS) is 25.1. The Morgan fingerprint density at radius 2 is 2.17 bits per heavy atom. The third kappa shape index (κ3) is 6.88. The molecule has 0 N–H and O–H groups in total. The van der Waals surface area contributed by atoms with Gasteiger partial charge in [-0.25, -0.2) is 0 Å². The first kappa shape index (κ1) is 16.2. The molecule has 3 nitrogen and oxygen atoms in total. The molecule has 0 radical (unpaired) electrons. The summed E-state index contributed by atoms with van der Waals surface area (Å²) in [5, 5.41) is 0. The third-order valence-corrected chi connectivity index (χ3v) is 5.36. The molecule has 0 bridgehead atoms. The standard InChI is InChI=1S/C13H25ClO3Si/c1-16-13-8-4-7-12(17-13)10-11(15)6-5-9-18(2,3)14/h12-13H,4-10H2,1-3H3. The Morgan fingerprint density at radius 3 is 2.78 bits per heavy atom. The topological polar surface area (TPSA) is 35.5 Å². The average Bonchev–Trinajstić information content (AvgIpc) is 2.27. The van der Waals surface area contributed by atoms with Crippen LogP contribution >= 0.6 is 11.1 Å². The lowest BCUT2D eigenvalue weighted by Gasteiger charge is -2.28. The van der Waals surface area contributed by atoms with E-state index in [9.17, 15) is 4.79 Å². The van der Waals surface area contributed by atoms with Gasteiger partial charge in [0.15, 0.2) is 13.7 Å². The molecule has 1 aliphatic rings. The third-order valence-electron chi connectivity index (χ3n) is 3.26. The van der Waals surface area contributed by atoms with Crippen LogP contribution in [0.4, 0.5) is 0 Å². The number of halogens is 1. The second-order valence-corrected chi connectivity index (χ2v) is 12.7. The summed E-state index contributed by atoms with van der Waals surface area (Å²) in [5.41, 5.74) is 0. The molecule has 0 aromatic rings. The first-order valence-electron chi connectivity index (χ1n) is 6.79. The Labute approximate surface area is 116 Å². The van der Waals surface area contributed by atoms with Crippen molar-refractivity contribution in [3.63, 3.8) is 0 Å². The van der Waals surface area contributed by atoms with Gasteiger partial charge < -0.3 is 9.47 Å². The van der Waals surface area contributed by atoms with E-state index in [2.05, 4.69) is 13.1 Å². The summed E-state index contributed by atoms with van der Waals surface area (Å²) in [6, 6.07) is 1.01. The lowest BCUT2D eigenvalue weighted by molar-refractivity contribution is -0.182. The van der Waals surface area contributed by atoms with E-state index in [1.807, 2.05) is 0 Å². The van der Waals surface area contributed by atoms with Gasteiger partial charge in [0.25, 0.3) is 0 Å². The van der Waals surface area contributed by atoms with Crippen molar-refractivity contribution >= 4 is 24.2 Å². The maximum atomic E-state index is 11.8. The average molecular weight is 293 g/mol. The summed E-state index contributed by atoms with van der Waals surface area (Å²) < 4.78 is 10.9. The first-order valence-corrected chi connectivity index (χ1v) is 11.0. The largest absolute Gasteiger partial charge is 0.356 e. The predicted molar refractivity (Wildman–Crippen MR) is 76.5 cm³/mol. The fourth-order valence-electron chi connectivity index (χ4n) is 2.25. The highest BCUT2D eigenvalue weighted by molar-refractivity contribution is 7.19. The molecule has 1 saturated heterocycles. The van der Waals surface area contributed by atoms with Crippen molar-refractivity contribution in [2.45, 2.75) is 70.1 Å². The quantitative estimate of drug-likeness (QED) is 0.530. The minimum Gasteiger partial charge on any atom is -0.356 e. The number of hydrogen-bond donors (Lipinski definition) is 0. The molecular weight excluding hydrogens is 268 g/mol. The summed E-state index contributed by atoms with van der Waals surface area (Å²) in [6.45, 7) is 4.24. The molecule has 0 aromatic carbocycles. The number of ketones is 1. The zero-order valence-corrected chi connectivity index (χ0v) is 13.5. The second kappa shape index (κ2) is 7.63. The highest BCUT2D eigenvalue weighted by Crippen LogP contribution is 2.23. The van der Waals surface area contributed by atoms with Crippen LogP contribution in [0.5, 0.6) is 0 Å². The highest BCUT2D eigenvalue weighted by Gasteiger charge is 2.24. The van der Waals surface area contributed by atoms with Crippen LogP contribution in [0.1, 0.15) is 38.5 Å². The van der Waals surface area contributed by atoms with Gasteiger partial charge in [-0.1, -0.05) is 13.1 Å². The van der Waals surface area contributed by atoms with Gasteiger partial charge in [0.1, 0.15) is 5.78 Å². The number of Topliss-reactive ketones (excluding diaryl/α,β-unsaturated/α-hetero) is 1. The van der Waals surface area contributed by atoms with E-state index >= 15 is 0 Å². The van der Waals surface area contributed by atoms with Crippen molar-refractivity contribution in [2.75, 3.05) is 7.11 Å². The van der Waals surface area contributed by atoms with E-state index in [1.165, 1.54) is 0 Å². The molecule has 0 spiro atoms. The molecule has 1 rings (SSSR count). The Morgan fingerprint density at radius 1 is 1.44 bits per heavy atom. The zero-order chi connectivity index (χ0) is 13.6. The minimum atomic E-state index is -1.52. The van der Waals surface area contributed by atoms with E-state index in [0.717, 1.165) is 31.7 Å².